The van der Waals surface area contributed by atoms with Crippen LogP contribution in [0.5, 0.6) is 0 Å². The quantitative estimate of drug-likeness (QED) is 0.120. The van der Waals surface area contributed by atoms with Crippen LogP contribution in [0, 0.1) is 68.6 Å². The minimum absolute atomic E-state index is 0. The Labute approximate surface area is 665 Å². The number of benzene rings is 9. The predicted molar refractivity (Wildman–Crippen MR) is 405 cm³/mol. The number of pyridine rings is 6. The summed E-state index contributed by atoms with van der Waals surface area (Å²) in [6.07, 6.45) is 10.4. The Balaban J connectivity index is 0.000000193. The van der Waals surface area contributed by atoms with E-state index < -0.39 is 33.3 Å². The Morgan fingerprint density at radius 3 is 0.971 bits per heavy atom. The largest absolute Gasteiger partial charge is 0.304 e. The zero-order valence-electron chi connectivity index (χ0n) is 68.7. The molecule has 519 valence electrons. The molecular formula is C92H74F2Ir3N6-6. The number of halogens is 2. The summed E-state index contributed by atoms with van der Waals surface area (Å²) in [6.45, 7) is -5.34. The maximum atomic E-state index is 13.3. The van der Waals surface area contributed by atoms with Gasteiger partial charge in [-0.1, -0.05) is 136 Å². The second-order valence-corrected chi connectivity index (χ2v) is 22.1. The molecule has 15 rings (SSSR count). The first-order valence-electron chi connectivity index (χ1n) is 38.4. The van der Waals surface area contributed by atoms with Gasteiger partial charge in [0, 0.05) is 126 Å². The van der Waals surface area contributed by atoms with Gasteiger partial charge in [-0.3, -0.25) is 0 Å². The summed E-state index contributed by atoms with van der Waals surface area (Å²) in [4.78, 5) is 25.8. The van der Waals surface area contributed by atoms with Crippen molar-refractivity contribution in [1.29, 1.82) is 0 Å². The molecule has 0 aliphatic heterocycles. The molecule has 11 heteroatoms. The zero-order chi connectivity index (χ0) is 80.6. The number of hydrogen-bond donors (Lipinski definition) is 0. The van der Waals surface area contributed by atoms with Gasteiger partial charge in [-0.2, -0.15) is 0 Å². The van der Waals surface area contributed by atoms with Gasteiger partial charge in [-0.25, -0.2) is 8.78 Å². The first-order chi connectivity index (χ1) is 54.1. The molecule has 0 saturated heterocycles. The van der Waals surface area contributed by atoms with E-state index in [1.807, 2.05) is 158 Å². The Hall–Kier alpha value is -10.3. The van der Waals surface area contributed by atoms with Crippen molar-refractivity contribution in [3.05, 3.63) is 398 Å². The molecule has 0 aliphatic carbocycles. The molecule has 0 fully saturated rings. The van der Waals surface area contributed by atoms with Crippen LogP contribution >= 0.6 is 0 Å². The van der Waals surface area contributed by atoms with Crippen molar-refractivity contribution in [2.45, 2.75) is 53.6 Å². The normalized spacial score (nSPS) is 13.0. The van der Waals surface area contributed by atoms with Crippen molar-refractivity contribution in [2.75, 3.05) is 0 Å². The number of aryl methyl sites for hydroxylation is 4. The molecule has 0 N–H and O–H groups in total. The third kappa shape index (κ3) is 24.4. The molecule has 0 saturated carbocycles. The van der Waals surface area contributed by atoms with Gasteiger partial charge in [0.25, 0.3) is 0 Å². The number of nitrogens with zero attached hydrogens (tertiary/aromatic N) is 6. The third-order valence-corrected chi connectivity index (χ3v) is 15.1. The van der Waals surface area contributed by atoms with Gasteiger partial charge in [-0.15, -0.1) is 215 Å². The number of aromatic nitrogens is 6. The third-order valence-electron chi connectivity index (χ3n) is 15.1. The van der Waals surface area contributed by atoms with Gasteiger partial charge in [0.05, 0.1) is 0 Å². The summed E-state index contributed by atoms with van der Waals surface area (Å²) in [5.74, 6) is -2.47. The van der Waals surface area contributed by atoms with Crippen molar-refractivity contribution in [1.82, 2.24) is 29.9 Å². The van der Waals surface area contributed by atoms with E-state index in [4.69, 9.17) is 17.8 Å². The van der Waals surface area contributed by atoms with Gasteiger partial charge in [0.2, 0.25) is 0 Å². The van der Waals surface area contributed by atoms with E-state index in [0.29, 0.717) is 27.9 Å². The van der Waals surface area contributed by atoms with Crippen LogP contribution < -0.4 is 0 Å². The fourth-order valence-corrected chi connectivity index (χ4v) is 9.93. The summed E-state index contributed by atoms with van der Waals surface area (Å²) in [6, 6.07) is 104. The second-order valence-electron chi connectivity index (χ2n) is 22.1. The Morgan fingerprint density at radius 1 is 0.330 bits per heavy atom. The molecule has 6 nitrogen and oxygen atoms in total. The SMILES string of the molecule is CCc1cc(-c2[c-]cccc2)ncc1-c1ccc(F)cc1.[2H]C([2H])([2H])C([2H])(C)c1cc(-c2[c-]cccc2)ncc1-c1ccc(F)cc1.[2H]C([2H])([2H])c1ccc(-c2[c-]cccc2)nc1.[2H]C([2H])([2H])c1ccc(-c2[c-]cccc2)nc1.[2H]C([2H])([2H])c1ccc(-c2[c-]cccc2)nc1.[Ir].[Ir].[Ir].[c-]1ccccc1-c1ccc(-c2ccccc2)cn1. The van der Waals surface area contributed by atoms with Gasteiger partial charge in [0.15, 0.2) is 0 Å². The summed E-state index contributed by atoms with van der Waals surface area (Å²) >= 11 is 0. The fraction of sp³-hybridized carbons (Fsp3) is 0.0870. The van der Waals surface area contributed by atoms with Crippen molar-refractivity contribution >= 4 is 0 Å². The smallest absolute Gasteiger partial charge is 0.123 e. The first-order valence-corrected chi connectivity index (χ1v) is 31.9. The molecule has 6 heterocycles. The van der Waals surface area contributed by atoms with E-state index in [1.54, 1.807) is 91.0 Å². The Morgan fingerprint density at radius 2 is 0.650 bits per heavy atom. The van der Waals surface area contributed by atoms with Gasteiger partial charge >= 0.3 is 0 Å². The van der Waals surface area contributed by atoms with Gasteiger partial charge in [0.1, 0.15) is 11.6 Å². The van der Waals surface area contributed by atoms with Crippen LogP contribution in [-0.2, 0) is 66.7 Å². The summed E-state index contributed by atoms with van der Waals surface area (Å²) in [5.41, 5.74) is 17.7. The molecule has 0 spiro atoms. The van der Waals surface area contributed by atoms with Crippen LogP contribution in [-0.4, -0.2) is 29.9 Å². The van der Waals surface area contributed by atoms with E-state index in [-0.39, 0.29) is 88.6 Å². The molecule has 103 heavy (non-hydrogen) atoms. The van der Waals surface area contributed by atoms with E-state index in [2.05, 4.69) is 97.5 Å². The van der Waals surface area contributed by atoms with Gasteiger partial charge in [-0.05, 0) is 141 Å². The molecule has 9 aromatic carbocycles. The van der Waals surface area contributed by atoms with Crippen molar-refractivity contribution < 1.29 is 86.9 Å². The molecular weight excluding hydrogens is 1800 g/mol. The predicted octanol–water partition coefficient (Wildman–Crippen LogP) is 23.2. The van der Waals surface area contributed by atoms with Crippen LogP contribution in [0.2, 0.25) is 0 Å². The molecule has 1 atom stereocenters. The van der Waals surface area contributed by atoms with Crippen molar-refractivity contribution in [3.8, 4) is 101 Å². The van der Waals surface area contributed by atoms with Crippen molar-refractivity contribution in [2.24, 2.45) is 0 Å². The molecule has 0 bridgehead atoms. The summed E-state index contributed by atoms with van der Waals surface area (Å²) in [7, 11) is 0. The molecule has 0 aliphatic rings. The summed E-state index contributed by atoms with van der Waals surface area (Å²) < 4.78 is 123. The monoisotopic (exact) mass is 1890 g/mol. The second kappa shape index (κ2) is 42.2. The summed E-state index contributed by atoms with van der Waals surface area (Å²) in [5, 5.41) is 0. The van der Waals surface area contributed by atoms with Gasteiger partial charge < -0.3 is 29.9 Å². The van der Waals surface area contributed by atoms with E-state index in [0.717, 1.165) is 79.4 Å². The van der Waals surface area contributed by atoms with E-state index >= 15 is 0 Å². The maximum Gasteiger partial charge on any atom is 0.123 e. The van der Waals surface area contributed by atoms with E-state index in [1.165, 1.54) is 67.1 Å². The molecule has 1 unspecified atom stereocenters. The van der Waals surface area contributed by atoms with Crippen LogP contribution in [0.3, 0.4) is 0 Å². The van der Waals surface area contributed by atoms with Crippen LogP contribution in [0.15, 0.2) is 322 Å². The fourth-order valence-electron chi connectivity index (χ4n) is 9.93. The number of rotatable bonds is 11. The average molecular weight is 1890 g/mol. The topological polar surface area (TPSA) is 77.3 Å². The standard InChI is InChI=1S/C20H17FN.C19H15FN.C17H12N.3C12H10N.3Ir/c1-14(2)18-12-20(16-6-4-3-5-7-16)22-13-19(18)15-8-10-17(21)11-9-15;1-2-14-12-19(16-6-4-3-5-7-16)21-13-18(14)15-8-10-17(20)11-9-15;1-3-7-14(8-4-1)16-11-12-17(18-13-16)15-9-5-2-6-10-15;3*1-10-7-8-12(13-9-10)11-5-3-2-4-6-11;;;/h3-6,8-14H,1-2H3;3-6,8-13H,2H2,1H3;1-9,11-13H;3*2-5,7-9H,1H3;;;/q6*-1;;;/i1D3,14D;;;3*1D3;;;. The minimum Gasteiger partial charge on any atom is -0.304 e. The van der Waals surface area contributed by atoms with Crippen molar-refractivity contribution in [3.63, 3.8) is 0 Å². The van der Waals surface area contributed by atoms with E-state index in [9.17, 15) is 8.78 Å². The molecule has 6 aromatic heterocycles. The first kappa shape index (κ1) is 62.5. The maximum absolute atomic E-state index is 13.3. The molecule has 3 radical (unpaired) electrons. The van der Waals surface area contributed by atoms with Crippen LogP contribution in [0.4, 0.5) is 8.78 Å². The Kier molecular flexibility index (Phi) is 25.6. The average Bonchev–Trinajstić information content (AvgIpc) is 0.761. The molecule has 15 aromatic rings. The zero-order valence-corrected chi connectivity index (χ0v) is 62.9. The minimum atomic E-state index is -2.54. The number of hydrogen-bond acceptors (Lipinski definition) is 6. The van der Waals surface area contributed by atoms with Crippen LogP contribution in [0.1, 0.15) is 72.2 Å². The molecule has 0 amide bonds. The Bertz CT molecular complexity index is 5130. The van der Waals surface area contributed by atoms with Crippen LogP contribution in [0.25, 0.3) is 101 Å².